The Morgan fingerprint density at radius 1 is 1.07 bits per heavy atom. The van der Waals surface area contributed by atoms with Crippen molar-refractivity contribution >= 4 is 39.0 Å². The fourth-order valence-electron chi connectivity index (χ4n) is 3.35. The van der Waals surface area contributed by atoms with Gasteiger partial charge in [-0.2, -0.15) is 0 Å². The molecule has 0 spiro atoms. The minimum Gasteiger partial charge on any atom is -0.488 e. The predicted octanol–water partition coefficient (Wildman–Crippen LogP) is 5.33. The van der Waals surface area contributed by atoms with E-state index in [1.165, 1.54) is 6.07 Å². The zero-order valence-electron chi connectivity index (χ0n) is 15.4. The van der Waals surface area contributed by atoms with Crippen LogP contribution in [0.15, 0.2) is 60.7 Å². The fraction of sp³-hybridized carbons (Fsp3) is 0.0909. The van der Waals surface area contributed by atoms with E-state index in [0.29, 0.717) is 22.9 Å². The van der Waals surface area contributed by atoms with Gasteiger partial charge >= 0.3 is 0 Å². The van der Waals surface area contributed by atoms with Gasteiger partial charge in [0.15, 0.2) is 0 Å². The Kier molecular flexibility index (Phi) is 5.06. The van der Waals surface area contributed by atoms with E-state index in [1.54, 1.807) is 12.1 Å². The van der Waals surface area contributed by atoms with Crippen LogP contribution in [0, 0.1) is 5.82 Å². The summed E-state index contributed by atoms with van der Waals surface area (Å²) in [5.41, 5.74) is 4.20. The molecule has 0 radical (unpaired) electrons. The maximum atomic E-state index is 14.2. The molecule has 0 aliphatic carbocycles. The van der Waals surface area contributed by atoms with Crippen molar-refractivity contribution in [2.75, 3.05) is 11.0 Å². The predicted molar refractivity (Wildman–Crippen MR) is 114 cm³/mol. The Balaban J connectivity index is 1.91. The minimum absolute atomic E-state index is 0.161. The normalized spacial score (nSPS) is 14.5. The van der Waals surface area contributed by atoms with E-state index in [2.05, 4.69) is 4.72 Å². The van der Waals surface area contributed by atoms with Crippen LogP contribution in [0.4, 0.5) is 10.1 Å². The van der Waals surface area contributed by atoms with Crippen molar-refractivity contribution < 1.29 is 17.5 Å². The largest absolute Gasteiger partial charge is 0.488 e. The van der Waals surface area contributed by atoms with Crippen molar-refractivity contribution in [1.82, 2.24) is 0 Å². The smallest absolute Gasteiger partial charge is 0.229 e. The first kappa shape index (κ1) is 19.5. The molecule has 4 rings (SSSR count). The first-order chi connectivity index (χ1) is 13.8. The summed E-state index contributed by atoms with van der Waals surface area (Å²) in [6.07, 6.45) is 2.84. The maximum Gasteiger partial charge on any atom is 0.229 e. The van der Waals surface area contributed by atoms with Gasteiger partial charge in [0.05, 0.1) is 11.9 Å². The Bertz CT molecular complexity index is 1240. The van der Waals surface area contributed by atoms with Crippen LogP contribution in [-0.4, -0.2) is 14.7 Å². The average molecular weight is 430 g/mol. The standard InChI is InChI=1S/C22H17ClFNO3S/c1-29(26,27)25-18-9-14(8-17(24)12-18)10-21-19-7-6-16(23)11-15(19)13-28-22-5-3-2-4-20(21)22/h2-12,25H,13H2,1H3/b21-10-. The highest BCUT2D eigenvalue weighted by atomic mass is 35.5. The van der Waals surface area contributed by atoms with Crippen molar-refractivity contribution in [2.24, 2.45) is 0 Å². The molecular weight excluding hydrogens is 413 g/mol. The van der Waals surface area contributed by atoms with Crippen LogP contribution in [0.5, 0.6) is 5.75 Å². The molecule has 3 aromatic rings. The van der Waals surface area contributed by atoms with Crippen LogP contribution in [0.2, 0.25) is 5.02 Å². The maximum absolute atomic E-state index is 14.2. The van der Waals surface area contributed by atoms with Crippen LogP contribution >= 0.6 is 11.6 Å². The number of hydrogen-bond donors (Lipinski definition) is 1. The number of para-hydroxylation sites is 1. The van der Waals surface area contributed by atoms with E-state index in [9.17, 15) is 12.8 Å². The lowest BCUT2D eigenvalue weighted by molar-refractivity contribution is 0.307. The van der Waals surface area contributed by atoms with E-state index >= 15 is 0 Å². The third-order valence-corrected chi connectivity index (χ3v) is 5.29. The van der Waals surface area contributed by atoms with E-state index in [4.69, 9.17) is 16.3 Å². The topological polar surface area (TPSA) is 55.4 Å². The van der Waals surface area contributed by atoms with Crippen molar-refractivity contribution in [3.05, 3.63) is 93.8 Å². The summed E-state index contributed by atoms with van der Waals surface area (Å²) in [6, 6.07) is 17.2. The van der Waals surface area contributed by atoms with E-state index in [-0.39, 0.29) is 5.69 Å². The zero-order chi connectivity index (χ0) is 20.6. The monoisotopic (exact) mass is 429 g/mol. The van der Waals surface area contributed by atoms with Gasteiger partial charge in [0.25, 0.3) is 0 Å². The molecule has 1 aliphatic rings. The Hall–Kier alpha value is -2.83. The van der Waals surface area contributed by atoms with Gasteiger partial charge in [0, 0.05) is 10.6 Å². The lowest BCUT2D eigenvalue weighted by Gasteiger charge is -2.12. The van der Waals surface area contributed by atoms with Gasteiger partial charge in [-0.1, -0.05) is 35.9 Å². The SMILES string of the molecule is CS(=O)(=O)Nc1cc(F)cc(/C=C2/c3ccc(Cl)cc3COc3ccccc32)c1. The molecular formula is C22H17ClFNO3S. The third-order valence-electron chi connectivity index (χ3n) is 4.45. The van der Waals surface area contributed by atoms with Crippen molar-refractivity contribution in [3.63, 3.8) is 0 Å². The van der Waals surface area contributed by atoms with E-state index in [1.807, 2.05) is 42.5 Å². The zero-order valence-corrected chi connectivity index (χ0v) is 17.0. The van der Waals surface area contributed by atoms with Crippen LogP contribution < -0.4 is 9.46 Å². The van der Waals surface area contributed by atoms with Crippen molar-refractivity contribution in [3.8, 4) is 5.75 Å². The van der Waals surface area contributed by atoms with Crippen molar-refractivity contribution in [2.45, 2.75) is 6.61 Å². The van der Waals surface area contributed by atoms with Crippen LogP contribution in [0.1, 0.15) is 22.3 Å². The fourth-order valence-corrected chi connectivity index (χ4v) is 4.09. The quantitative estimate of drug-likeness (QED) is 0.612. The number of rotatable bonds is 3. The molecule has 148 valence electrons. The van der Waals surface area contributed by atoms with Crippen LogP contribution in [0.3, 0.4) is 0 Å². The number of nitrogens with one attached hydrogen (secondary N) is 1. The highest BCUT2D eigenvalue weighted by molar-refractivity contribution is 7.92. The average Bonchev–Trinajstić information content (AvgIpc) is 2.77. The molecule has 29 heavy (non-hydrogen) atoms. The summed E-state index contributed by atoms with van der Waals surface area (Å²) in [4.78, 5) is 0. The van der Waals surface area contributed by atoms with Gasteiger partial charge in [0.1, 0.15) is 18.2 Å². The van der Waals surface area contributed by atoms with Gasteiger partial charge < -0.3 is 4.74 Å². The van der Waals surface area contributed by atoms with Crippen LogP contribution in [-0.2, 0) is 16.6 Å². The Morgan fingerprint density at radius 2 is 1.86 bits per heavy atom. The molecule has 0 fully saturated rings. The second-order valence-electron chi connectivity index (χ2n) is 6.79. The molecule has 4 nitrogen and oxygen atoms in total. The van der Waals surface area contributed by atoms with E-state index < -0.39 is 15.8 Å². The molecule has 0 amide bonds. The molecule has 0 saturated heterocycles. The summed E-state index contributed by atoms with van der Waals surface area (Å²) < 4.78 is 45.5. The van der Waals surface area contributed by atoms with Gasteiger partial charge in [-0.15, -0.1) is 0 Å². The summed E-state index contributed by atoms with van der Waals surface area (Å²) in [6.45, 7) is 0.355. The molecule has 1 N–H and O–H groups in total. The summed E-state index contributed by atoms with van der Waals surface area (Å²) in [7, 11) is -3.52. The molecule has 0 atom stereocenters. The number of fused-ring (bicyclic) bond motifs is 2. The first-order valence-corrected chi connectivity index (χ1v) is 11.1. The highest BCUT2D eigenvalue weighted by Crippen LogP contribution is 2.38. The molecule has 3 aromatic carbocycles. The molecule has 7 heteroatoms. The van der Waals surface area contributed by atoms with Gasteiger partial charge in [-0.05, 0) is 64.7 Å². The van der Waals surface area contributed by atoms with E-state index in [0.717, 1.165) is 34.6 Å². The van der Waals surface area contributed by atoms with Gasteiger partial charge in [-0.3, -0.25) is 4.72 Å². The molecule has 1 heterocycles. The second-order valence-corrected chi connectivity index (χ2v) is 8.98. The number of ether oxygens (including phenoxy) is 1. The number of halogens is 2. The summed E-state index contributed by atoms with van der Waals surface area (Å²) >= 11 is 6.16. The molecule has 0 aromatic heterocycles. The highest BCUT2D eigenvalue weighted by Gasteiger charge is 2.19. The summed E-state index contributed by atoms with van der Waals surface area (Å²) in [5, 5.41) is 0.600. The molecule has 0 unspecified atom stereocenters. The summed E-state index contributed by atoms with van der Waals surface area (Å²) in [5.74, 6) is 0.164. The van der Waals surface area contributed by atoms with Crippen LogP contribution in [0.25, 0.3) is 11.6 Å². The van der Waals surface area contributed by atoms with Gasteiger partial charge in [-0.25, -0.2) is 12.8 Å². The molecule has 0 saturated carbocycles. The Morgan fingerprint density at radius 3 is 2.66 bits per heavy atom. The minimum atomic E-state index is -3.52. The third kappa shape index (κ3) is 4.44. The Labute approximate surface area is 173 Å². The number of hydrogen-bond acceptors (Lipinski definition) is 3. The number of sulfonamides is 1. The molecule has 0 bridgehead atoms. The van der Waals surface area contributed by atoms with Crippen molar-refractivity contribution in [1.29, 1.82) is 0 Å². The lowest BCUT2D eigenvalue weighted by atomic mass is 9.92. The molecule has 1 aliphatic heterocycles. The lowest BCUT2D eigenvalue weighted by Crippen LogP contribution is -2.09. The second kappa shape index (κ2) is 7.54. The number of anilines is 1. The van der Waals surface area contributed by atoms with Gasteiger partial charge in [0.2, 0.25) is 10.0 Å². The first-order valence-electron chi connectivity index (χ1n) is 8.79. The number of benzene rings is 3.